The molecule has 1 heterocycles. The molecule has 0 aromatic carbocycles. The molecule has 0 saturated heterocycles. The summed E-state index contributed by atoms with van der Waals surface area (Å²) in [7, 11) is 0. The summed E-state index contributed by atoms with van der Waals surface area (Å²) in [5.74, 6) is 0.586. The average molecular weight is 282 g/mol. The molecule has 0 radical (unpaired) electrons. The summed E-state index contributed by atoms with van der Waals surface area (Å²) in [6.45, 7) is 9.86. The van der Waals surface area contributed by atoms with Gasteiger partial charge in [-0.1, -0.05) is 20.8 Å². The van der Waals surface area contributed by atoms with Crippen LogP contribution in [0.25, 0.3) is 16.9 Å². The van der Waals surface area contributed by atoms with E-state index in [4.69, 9.17) is 4.42 Å². The molecule has 3 aliphatic rings. The van der Waals surface area contributed by atoms with Crippen LogP contribution in [0.15, 0.2) is 27.4 Å². The van der Waals surface area contributed by atoms with Gasteiger partial charge < -0.3 is 4.42 Å². The summed E-state index contributed by atoms with van der Waals surface area (Å²) in [5, 5.41) is 0. The van der Waals surface area contributed by atoms with Crippen LogP contribution in [0.2, 0.25) is 0 Å². The van der Waals surface area contributed by atoms with Gasteiger partial charge in [-0.05, 0) is 54.2 Å². The Balaban J connectivity index is 2.51. The van der Waals surface area contributed by atoms with E-state index < -0.39 is 0 Å². The molecular formula is C18H18O3. The normalized spacial score (nSPS) is 14.5. The van der Waals surface area contributed by atoms with Crippen LogP contribution in [0.4, 0.5) is 0 Å². The Morgan fingerprint density at radius 1 is 1.00 bits per heavy atom. The molecule has 3 nitrogen and oxygen atoms in total. The summed E-state index contributed by atoms with van der Waals surface area (Å²) >= 11 is 0. The van der Waals surface area contributed by atoms with Crippen LogP contribution in [0.3, 0.4) is 0 Å². The van der Waals surface area contributed by atoms with E-state index in [1.807, 2.05) is 19.1 Å². The highest BCUT2D eigenvalue weighted by atomic mass is 16.4. The predicted molar refractivity (Wildman–Crippen MR) is 83.0 cm³/mol. The number of allylic oxidation sites excluding steroid dienone is 2. The fraction of sp³-hybridized carbons (Fsp3) is 0.333. The predicted octanol–water partition coefficient (Wildman–Crippen LogP) is 3.95. The Hall–Kier alpha value is -2.16. The highest BCUT2D eigenvalue weighted by Gasteiger charge is 2.30. The molecule has 0 fully saturated rings. The molecule has 0 spiro atoms. The van der Waals surface area contributed by atoms with E-state index in [0.717, 1.165) is 27.8 Å². The molecule has 0 saturated carbocycles. The molecular weight excluding hydrogens is 264 g/mol. The number of ketones is 1. The SMILES string of the molecule is CC1=CC(=O)c2c1cc1c(C)c(=O)oc-1cc2C(C)(C)C. The molecule has 0 unspecified atom stereocenters. The third-order valence-corrected chi connectivity index (χ3v) is 4.11. The van der Waals surface area contributed by atoms with Gasteiger partial charge in [-0.15, -0.1) is 0 Å². The molecule has 0 bridgehead atoms. The van der Waals surface area contributed by atoms with Gasteiger partial charge >= 0.3 is 5.63 Å². The van der Waals surface area contributed by atoms with Crippen molar-refractivity contribution < 1.29 is 9.21 Å². The van der Waals surface area contributed by atoms with Gasteiger partial charge in [0.25, 0.3) is 0 Å². The lowest BCUT2D eigenvalue weighted by Crippen LogP contribution is -2.15. The second-order valence-corrected chi connectivity index (χ2v) is 6.73. The van der Waals surface area contributed by atoms with Crippen LogP contribution in [-0.4, -0.2) is 5.78 Å². The quantitative estimate of drug-likeness (QED) is 0.735. The van der Waals surface area contributed by atoms with Crippen molar-refractivity contribution in [2.24, 2.45) is 0 Å². The fourth-order valence-corrected chi connectivity index (χ4v) is 2.89. The molecule has 0 atom stereocenters. The third-order valence-electron chi connectivity index (χ3n) is 4.11. The highest BCUT2D eigenvalue weighted by Crippen LogP contribution is 2.39. The van der Waals surface area contributed by atoms with Crippen molar-refractivity contribution in [2.75, 3.05) is 0 Å². The molecule has 0 amide bonds. The standard InChI is InChI=1S/C18H18O3/c1-9-6-14(19)16-11(9)7-12-10(2)17(20)21-15(12)8-13(16)18(3,4)5/h6-8H,1-5H3. The first-order valence-electron chi connectivity index (χ1n) is 7.05. The monoisotopic (exact) mass is 282 g/mol. The number of hydrogen-bond donors (Lipinski definition) is 0. The van der Waals surface area contributed by atoms with Crippen molar-refractivity contribution in [3.05, 3.63) is 50.9 Å². The summed E-state index contributed by atoms with van der Waals surface area (Å²) in [4.78, 5) is 24.2. The van der Waals surface area contributed by atoms with Crippen molar-refractivity contribution in [1.29, 1.82) is 0 Å². The zero-order valence-corrected chi connectivity index (χ0v) is 13.0. The Kier molecular flexibility index (Phi) is 2.74. The lowest BCUT2D eigenvalue weighted by atomic mass is 9.83. The van der Waals surface area contributed by atoms with Gasteiger partial charge in [0.2, 0.25) is 0 Å². The second-order valence-electron chi connectivity index (χ2n) is 6.73. The first-order valence-corrected chi connectivity index (χ1v) is 7.05. The minimum Gasteiger partial charge on any atom is -0.422 e. The molecule has 3 heteroatoms. The van der Waals surface area contributed by atoms with Gasteiger partial charge in [0, 0.05) is 16.7 Å². The molecule has 2 aliphatic carbocycles. The molecule has 108 valence electrons. The van der Waals surface area contributed by atoms with Crippen LogP contribution in [-0.2, 0) is 5.41 Å². The van der Waals surface area contributed by atoms with E-state index in [9.17, 15) is 9.59 Å². The Morgan fingerprint density at radius 3 is 2.29 bits per heavy atom. The van der Waals surface area contributed by atoms with E-state index in [-0.39, 0.29) is 16.8 Å². The maximum absolute atomic E-state index is 12.4. The molecule has 21 heavy (non-hydrogen) atoms. The van der Waals surface area contributed by atoms with Crippen molar-refractivity contribution >= 4 is 11.4 Å². The molecule has 0 aromatic heterocycles. The second kappa shape index (κ2) is 4.17. The van der Waals surface area contributed by atoms with E-state index in [1.54, 1.807) is 13.0 Å². The van der Waals surface area contributed by atoms with E-state index in [2.05, 4.69) is 20.8 Å². The number of rotatable bonds is 0. The highest BCUT2D eigenvalue weighted by molar-refractivity contribution is 6.17. The Bertz CT molecular complexity index is 829. The van der Waals surface area contributed by atoms with Gasteiger partial charge in [-0.3, -0.25) is 4.79 Å². The molecule has 0 N–H and O–H groups in total. The number of carbonyl (C=O) groups excluding carboxylic acids is 1. The van der Waals surface area contributed by atoms with Crippen LogP contribution < -0.4 is 5.63 Å². The number of fused-ring (bicyclic) bond motifs is 2. The Morgan fingerprint density at radius 2 is 1.67 bits per heavy atom. The van der Waals surface area contributed by atoms with Gasteiger partial charge in [-0.25, -0.2) is 4.79 Å². The fourth-order valence-electron chi connectivity index (χ4n) is 2.89. The lowest BCUT2D eigenvalue weighted by Gasteiger charge is -2.20. The zero-order valence-electron chi connectivity index (χ0n) is 13.0. The van der Waals surface area contributed by atoms with Crippen molar-refractivity contribution in [1.82, 2.24) is 0 Å². The maximum Gasteiger partial charge on any atom is 0.339 e. The topological polar surface area (TPSA) is 47.3 Å². The molecule has 3 rings (SSSR count). The summed E-state index contributed by atoms with van der Waals surface area (Å²) < 4.78 is 5.36. The van der Waals surface area contributed by atoms with Crippen molar-refractivity contribution in [2.45, 2.75) is 40.0 Å². The van der Waals surface area contributed by atoms with E-state index in [1.165, 1.54) is 0 Å². The number of carbonyl (C=O) groups is 1. The average Bonchev–Trinajstić information content (AvgIpc) is 2.70. The Labute approximate surface area is 123 Å². The van der Waals surface area contributed by atoms with Gasteiger partial charge in [0.15, 0.2) is 5.78 Å². The van der Waals surface area contributed by atoms with Crippen molar-refractivity contribution in [3.8, 4) is 11.3 Å². The van der Waals surface area contributed by atoms with Gasteiger partial charge in [0.1, 0.15) is 5.76 Å². The van der Waals surface area contributed by atoms with Crippen LogP contribution >= 0.6 is 0 Å². The largest absolute Gasteiger partial charge is 0.422 e. The van der Waals surface area contributed by atoms with Gasteiger partial charge in [-0.2, -0.15) is 0 Å². The lowest BCUT2D eigenvalue weighted by molar-refractivity contribution is 0.104. The third kappa shape index (κ3) is 1.96. The minimum absolute atomic E-state index is 0.0325. The zero-order chi connectivity index (χ0) is 15.5. The van der Waals surface area contributed by atoms with Crippen LogP contribution in [0.1, 0.15) is 54.7 Å². The van der Waals surface area contributed by atoms with Gasteiger partial charge in [0.05, 0.1) is 0 Å². The van der Waals surface area contributed by atoms with Crippen LogP contribution in [0.5, 0.6) is 0 Å². The number of furan rings is 1. The summed E-state index contributed by atoms with van der Waals surface area (Å²) in [5.41, 5.74) is 4.35. The molecule has 1 aliphatic heterocycles. The maximum atomic E-state index is 12.4. The summed E-state index contributed by atoms with van der Waals surface area (Å²) in [6.07, 6.45) is 1.67. The first kappa shape index (κ1) is 13.8. The molecule has 0 aromatic rings. The smallest absolute Gasteiger partial charge is 0.339 e. The van der Waals surface area contributed by atoms with Crippen LogP contribution in [0, 0.1) is 6.92 Å². The van der Waals surface area contributed by atoms with Crippen molar-refractivity contribution in [3.63, 3.8) is 0 Å². The van der Waals surface area contributed by atoms with E-state index >= 15 is 0 Å². The number of hydrogen-bond acceptors (Lipinski definition) is 3. The van der Waals surface area contributed by atoms with E-state index in [0.29, 0.717) is 11.3 Å². The minimum atomic E-state index is -0.309. The first-order chi connectivity index (χ1) is 9.70. The summed E-state index contributed by atoms with van der Waals surface area (Å²) in [6, 6.07) is 3.77.